The summed E-state index contributed by atoms with van der Waals surface area (Å²) in [6, 6.07) is 7.32. The summed E-state index contributed by atoms with van der Waals surface area (Å²) in [5.74, 6) is -0.707. The molecule has 2 aromatic carbocycles. The van der Waals surface area contributed by atoms with Crippen molar-refractivity contribution in [3.05, 3.63) is 71.5 Å². The van der Waals surface area contributed by atoms with Crippen LogP contribution in [0.15, 0.2) is 49.1 Å². The molecule has 0 unspecified atom stereocenters. The molecule has 4 rings (SSSR count). The summed E-state index contributed by atoms with van der Waals surface area (Å²) in [5.41, 5.74) is 6.88. The summed E-state index contributed by atoms with van der Waals surface area (Å²) >= 11 is 5.74. The van der Waals surface area contributed by atoms with Crippen molar-refractivity contribution in [1.29, 1.82) is 0 Å². The maximum absolute atomic E-state index is 14.6. The highest BCUT2D eigenvalue weighted by Gasteiger charge is 2.20. The first-order valence-corrected chi connectivity index (χ1v) is 8.95. The number of halogens is 3. The fraction of sp³-hybridized carbons (Fsp3) is 0.100. The average molecular weight is 414 g/mol. The maximum atomic E-state index is 14.6. The van der Waals surface area contributed by atoms with E-state index in [1.54, 1.807) is 37.5 Å². The first-order valence-electron chi connectivity index (χ1n) is 8.58. The number of nitrogen functional groups attached to an aromatic ring is 1. The fourth-order valence-corrected chi connectivity index (χ4v) is 3.15. The molecule has 0 aliphatic heterocycles. The predicted molar refractivity (Wildman–Crippen MR) is 105 cm³/mol. The summed E-state index contributed by atoms with van der Waals surface area (Å²) in [6.45, 7) is 1.79. The lowest BCUT2D eigenvalue weighted by atomic mass is 10.0. The first-order chi connectivity index (χ1) is 14.0. The van der Waals surface area contributed by atoms with E-state index in [2.05, 4.69) is 19.9 Å². The number of rotatable bonds is 4. The van der Waals surface area contributed by atoms with Gasteiger partial charge in [-0.15, -0.1) is 0 Å². The Hall–Kier alpha value is -3.39. The van der Waals surface area contributed by atoms with Crippen LogP contribution in [0.2, 0.25) is 5.02 Å². The number of fused-ring (bicyclic) bond motifs is 1. The van der Waals surface area contributed by atoms with Crippen LogP contribution in [0, 0.1) is 11.6 Å². The normalized spacial score (nSPS) is 12.1. The van der Waals surface area contributed by atoms with E-state index in [1.807, 2.05) is 0 Å². The third kappa shape index (κ3) is 3.42. The minimum Gasteiger partial charge on any atom is -0.482 e. The van der Waals surface area contributed by atoms with Gasteiger partial charge in [-0.1, -0.05) is 11.6 Å². The molecule has 0 fully saturated rings. The van der Waals surface area contributed by atoms with Gasteiger partial charge in [0.25, 0.3) is 0 Å². The van der Waals surface area contributed by atoms with E-state index in [9.17, 15) is 8.78 Å². The molecule has 0 spiro atoms. The summed E-state index contributed by atoms with van der Waals surface area (Å²) in [7, 11) is 0. The lowest BCUT2D eigenvalue weighted by Gasteiger charge is -2.17. The number of aromatic nitrogens is 4. The zero-order valence-electron chi connectivity index (χ0n) is 15.1. The van der Waals surface area contributed by atoms with Crippen LogP contribution in [-0.2, 0) is 0 Å². The van der Waals surface area contributed by atoms with Gasteiger partial charge >= 0.3 is 0 Å². The largest absolute Gasteiger partial charge is 0.482 e. The zero-order chi connectivity index (χ0) is 20.5. The Morgan fingerprint density at radius 3 is 2.48 bits per heavy atom. The highest BCUT2D eigenvalue weighted by atomic mass is 35.5. The van der Waals surface area contributed by atoms with Crippen LogP contribution in [0.1, 0.15) is 18.9 Å². The molecular weight excluding hydrogens is 400 g/mol. The van der Waals surface area contributed by atoms with Crippen molar-refractivity contribution in [2.24, 2.45) is 0 Å². The number of ether oxygens (including phenoxy) is 1. The van der Waals surface area contributed by atoms with Crippen LogP contribution in [0.25, 0.3) is 22.0 Å². The number of hydrogen-bond donors (Lipinski definition) is 1. The number of benzene rings is 2. The van der Waals surface area contributed by atoms with Gasteiger partial charge in [-0.3, -0.25) is 0 Å². The molecule has 0 saturated heterocycles. The van der Waals surface area contributed by atoms with Gasteiger partial charge in [0.15, 0.2) is 17.7 Å². The fourth-order valence-electron chi connectivity index (χ4n) is 2.98. The predicted octanol–water partition coefficient (Wildman–Crippen LogP) is 4.74. The monoisotopic (exact) mass is 413 g/mol. The van der Waals surface area contributed by atoms with Gasteiger partial charge in [0.1, 0.15) is 28.7 Å². The van der Waals surface area contributed by atoms with Crippen molar-refractivity contribution < 1.29 is 13.5 Å². The zero-order valence-corrected chi connectivity index (χ0v) is 15.9. The average Bonchev–Trinajstić information content (AvgIpc) is 2.73. The van der Waals surface area contributed by atoms with Crippen LogP contribution in [0.5, 0.6) is 5.75 Å². The smallest absolute Gasteiger partial charge is 0.168 e. The summed E-state index contributed by atoms with van der Waals surface area (Å²) < 4.78 is 34.2. The Labute approximate surface area is 169 Å². The standard InChI is InChI=1S/C20H14ClF2N5O/c1-10(20-25-7-2-8-26-20)29-14-6-4-12(18-15(14)19(24)28-9-27-18)11-3-5-13(22)16(21)17(11)23/h2-10H,1H3,(H2,24,27,28)/t10-/m1/s1. The minimum atomic E-state index is -0.884. The van der Waals surface area contributed by atoms with E-state index in [4.69, 9.17) is 22.1 Å². The molecule has 1 atom stereocenters. The first kappa shape index (κ1) is 18.9. The van der Waals surface area contributed by atoms with E-state index in [1.165, 1.54) is 12.4 Å². The van der Waals surface area contributed by atoms with Crippen LogP contribution >= 0.6 is 11.6 Å². The Kier molecular flexibility index (Phi) is 4.94. The van der Waals surface area contributed by atoms with Gasteiger partial charge in [-0.2, -0.15) is 0 Å². The van der Waals surface area contributed by atoms with Crippen molar-refractivity contribution in [1.82, 2.24) is 19.9 Å². The van der Waals surface area contributed by atoms with Gasteiger partial charge < -0.3 is 10.5 Å². The second-order valence-corrected chi connectivity index (χ2v) is 6.56. The van der Waals surface area contributed by atoms with Gasteiger partial charge in [0.2, 0.25) is 0 Å². The van der Waals surface area contributed by atoms with Crippen LogP contribution in [-0.4, -0.2) is 19.9 Å². The Morgan fingerprint density at radius 2 is 1.72 bits per heavy atom. The molecular formula is C20H14ClF2N5O. The van der Waals surface area contributed by atoms with Crippen molar-refractivity contribution >= 4 is 28.3 Å². The summed E-state index contributed by atoms with van der Waals surface area (Å²) in [5, 5.41) is -0.194. The maximum Gasteiger partial charge on any atom is 0.168 e. The SMILES string of the molecule is C[C@@H](Oc1ccc(-c2ccc(F)c(Cl)c2F)c2ncnc(N)c12)c1ncccn1. The lowest BCUT2D eigenvalue weighted by molar-refractivity contribution is 0.219. The molecule has 6 nitrogen and oxygen atoms in total. The van der Waals surface area contributed by atoms with E-state index in [-0.39, 0.29) is 11.4 Å². The molecule has 4 aromatic rings. The van der Waals surface area contributed by atoms with E-state index >= 15 is 0 Å². The number of nitrogens with two attached hydrogens (primary N) is 1. The van der Waals surface area contributed by atoms with Crippen molar-refractivity contribution in [2.45, 2.75) is 13.0 Å². The number of anilines is 1. The van der Waals surface area contributed by atoms with Crippen molar-refractivity contribution in [3.63, 3.8) is 0 Å². The minimum absolute atomic E-state index is 0.0884. The van der Waals surface area contributed by atoms with Crippen molar-refractivity contribution in [2.75, 3.05) is 5.73 Å². The molecule has 0 amide bonds. The summed E-state index contributed by atoms with van der Waals surface area (Å²) in [6.07, 6.45) is 4.00. The molecule has 0 aliphatic carbocycles. The van der Waals surface area contributed by atoms with Crippen LogP contribution < -0.4 is 10.5 Å². The third-order valence-corrected chi connectivity index (χ3v) is 4.70. The molecule has 0 radical (unpaired) electrons. The molecule has 29 heavy (non-hydrogen) atoms. The Morgan fingerprint density at radius 1 is 1.00 bits per heavy atom. The molecule has 2 N–H and O–H groups in total. The van der Waals surface area contributed by atoms with Gasteiger partial charge in [-0.25, -0.2) is 28.7 Å². The van der Waals surface area contributed by atoms with Crippen LogP contribution in [0.3, 0.4) is 0 Å². The molecule has 146 valence electrons. The molecule has 0 saturated carbocycles. The quantitative estimate of drug-likeness (QED) is 0.486. The van der Waals surface area contributed by atoms with Gasteiger partial charge in [0, 0.05) is 23.5 Å². The number of hydrogen-bond acceptors (Lipinski definition) is 6. The topological polar surface area (TPSA) is 86.8 Å². The second kappa shape index (κ2) is 7.56. The molecule has 0 aliphatic rings. The molecule has 2 aromatic heterocycles. The Balaban J connectivity index is 1.86. The van der Waals surface area contributed by atoms with Crippen LogP contribution in [0.4, 0.5) is 14.6 Å². The molecule has 2 heterocycles. The molecule has 0 bridgehead atoms. The summed E-state index contributed by atoms with van der Waals surface area (Å²) in [4.78, 5) is 16.6. The second-order valence-electron chi connectivity index (χ2n) is 6.18. The van der Waals surface area contributed by atoms with E-state index < -0.39 is 22.8 Å². The van der Waals surface area contributed by atoms with E-state index in [0.717, 1.165) is 6.07 Å². The lowest BCUT2D eigenvalue weighted by Crippen LogP contribution is -2.08. The van der Waals surface area contributed by atoms with E-state index in [0.29, 0.717) is 28.0 Å². The van der Waals surface area contributed by atoms with Crippen molar-refractivity contribution in [3.8, 4) is 16.9 Å². The molecule has 9 heteroatoms. The number of nitrogens with zero attached hydrogens (tertiary/aromatic N) is 4. The third-order valence-electron chi connectivity index (χ3n) is 4.36. The van der Waals surface area contributed by atoms with Gasteiger partial charge in [0.05, 0.1) is 10.9 Å². The van der Waals surface area contributed by atoms with Gasteiger partial charge in [-0.05, 0) is 37.3 Å². The Bertz CT molecular complexity index is 1210. The highest BCUT2D eigenvalue weighted by Crippen LogP contribution is 2.39. The highest BCUT2D eigenvalue weighted by molar-refractivity contribution is 6.31.